The molecule has 1 aromatic heterocycles. The molecule has 2 fully saturated rings. The average molecular weight is 350 g/mol. The van der Waals surface area contributed by atoms with Crippen LogP contribution in [0.3, 0.4) is 0 Å². The van der Waals surface area contributed by atoms with E-state index in [9.17, 15) is 14.0 Å². The monoisotopic (exact) mass is 349 g/mol. The fraction of sp³-hybridized carbons (Fsp3) is 0.333. The lowest BCUT2D eigenvalue weighted by Crippen LogP contribution is -2.32. The minimum Gasteiger partial charge on any atom is -0.312 e. The highest BCUT2D eigenvalue weighted by atomic mass is 35.5. The second-order valence-electron chi connectivity index (χ2n) is 5.81. The minimum atomic E-state index is -0.519. The number of hydrogen-bond donors (Lipinski definition) is 0. The van der Waals surface area contributed by atoms with Gasteiger partial charge < -0.3 is 4.90 Å². The van der Waals surface area contributed by atoms with Crippen molar-refractivity contribution in [2.24, 2.45) is 0 Å². The van der Waals surface area contributed by atoms with Gasteiger partial charge in [-0.2, -0.15) is 0 Å². The molecule has 0 N–H and O–H groups in total. The summed E-state index contributed by atoms with van der Waals surface area (Å²) in [6.45, 7) is 0.687. The lowest BCUT2D eigenvalue weighted by molar-refractivity contribution is -0.128. The molecule has 0 spiro atoms. The number of imide groups is 1. The van der Waals surface area contributed by atoms with Gasteiger partial charge in [-0.1, -0.05) is 16.8 Å². The zero-order valence-electron chi connectivity index (χ0n) is 12.5. The van der Waals surface area contributed by atoms with E-state index in [0.717, 1.165) is 6.42 Å². The van der Waals surface area contributed by atoms with Gasteiger partial charge >= 0.3 is 6.03 Å². The van der Waals surface area contributed by atoms with Crippen LogP contribution < -0.4 is 0 Å². The predicted octanol–water partition coefficient (Wildman–Crippen LogP) is 1.99. The maximum atomic E-state index is 13.2. The number of urea groups is 1. The molecular weight excluding hydrogens is 337 g/mol. The van der Waals surface area contributed by atoms with E-state index < -0.39 is 5.82 Å². The number of rotatable bonds is 3. The van der Waals surface area contributed by atoms with Gasteiger partial charge in [0, 0.05) is 6.54 Å². The molecule has 7 nitrogen and oxygen atoms in total. The molecule has 24 heavy (non-hydrogen) atoms. The van der Waals surface area contributed by atoms with E-state index >= 15 is 0 Å². The van der Waals surface area contributed by atoms with Gasteiger partial charge in [-0.05, 0) is 31.0 Å². The van der Waals surface area contributed by atoms with Crippen LogP contribution in [0.4, 0.5) is 9.18 Å². The number of nitrogens with zero attached hydrogens (tertiary/aromatic N) is 5. The van der Waals surface area contributed by atoms with Gasteiger partial charge in [-0.3, -0.25) is 9.69 Å². The van der Waals surface area contributed by atoms with Crippen molar-refractivity contribution < 1.29 is 14.0 Å². The van der Waals surface area contributed by atoms with Gasteiger partial charge in [-0.25, -0.2) is 13.9 Å². The van der Waals surface area contributed by atoms with Gasteiger partial charge in [-0.15, -0.1) is 5.10 Å². The molecule has 0 aliphatic carbocycles. The first kappa shape index (κ1) is 15.1. The number of aromatic nitrogens is 3. The second kappa shape index (κ2) is 5.55. The Hall–Kier alpha value is -2.48. The second-order valence-corrected chi connectivity index (χ2v) is 6.22. The number of amides is 3. The van der Waals surface area contributed by atoms with E-state index in [0.29, 0.717) is 24.3 Å². The Bertz CT molecular complexity index is 817. The number of benzene rings is 1. The van der Waals surface area contributed by atoms with Crippen LogP contribution in [-0.4, -0.2) is 49.3 Å². The third kappa shape index (κ3) is 2.34. The predicted molar refractivity (Wildman–Crippen MR) is 82.0 cm³/mol. The Morgan fingerprint density at radius 3 is 2.92 bits per heavy atom. The lowest BCUT2D eigenvalue weighted by atomic mass is 10.2. The first-order valence-corrected chi connectivity index (χ1v) is 7.91. The molecule has 2 aliphatic heterocycles. The molecule has 0 unspecified atom stereocenters. The molecule has 9 heteroatoms. The maximum absolute atomic E-state index is 13.2. The fourth-order valence-electron chi connectivity index (χ4n) is 3.11. The Labute approximate surface area is 141 Å². The zero-order chi connectivity index (χ0) is 16.8. The van der Waals surface area contributed by atoms with Crippen LogP contribution in [0.15, 0.2) is 24.4 Å². The first-order valence-electron chi connectivity index (χ1n) is 7.53. The Morgan fingerprint density at radius 1 is 1.33 bits per heavy atom. The van der Waals surface area contributed by atoms with Crippen LogP contribution in [0.2, 0.25) is 5.02 Å². The summed E-state index contributed by atoms with van der Waals surface area (Å²) in [6, 6.07) is 3.57. The number of hydrogen-bond acceptors (Lipinski definition) is 4. The van der Waals surface area contributed by atoms with Crippen LogP contribution in [0.25, 0.3) is 5.69 Å². The summed E-state index contributed by atoms with van der Waals surface area (Å²) in [4.78, 5) is 27.4. The van der Waals surface area contributed by atoms with Crippen molar-refractivity contribution in [3.63, 3.8) is 0 Å². The summed E-state index contributed by atoms with van der Waals surface area (Å²) in [5.74, 6) is -0.702. The van der Waals surface area contributed by atoms with E-state index in [1.165, 1.54) is 27.8 Å². The molecular formula is C15H13ClFN5O2. The number of carbonyl (C=O) groups excluding carboxylic acids is 2. The van der Waals surface area contributed by atoms with Crippen LogP contribution in [-0.2, 0) is 11.3 Å². The maximum Gasteiger partial charge on any atom is 0.327 e. The van der Waals surface area contributed by atoms with E-state index in [-0.39, 0.29) is 29.5 Å². The molecule has 0 saturated carbocycles. The molecule has 0 bridgehead atoms. The molecule has 124 valence electrons. The van der Waals surface area contributed by atoms with E-state index in [1.54, 1.807) is 11.1 Å². The van der Waals surface area contributed by atoms with Gasteiger partial charge in [0.15, 0.2) is 0 Å². The Kier molecular flexibility index (Phi) is 3.49. The number of carbonyl (C=O) groups is 2. The normalized spacial score (nSPS) is 20.2. The van der Waals surface area contributed by atoms with E-state index in [4.69, 9.17) is 11.6 Å². The molecule has 2 aromatic rings. The minimum absolute atomic E-state index is 0.0185. The van der Waals surface area contributed by atoms with E-state index in [2.05, 4.69) is 10.3 Å². The summed E-state index contributed by atoms with van der Waals surface area (Å²) in [5.41, 5.74) is 1.01. The van der Waals surface area contributed by atoms with Gasteiger partial charge in [0.05, 0.1) is 23.5 Å². The van der Waals surface area contributed by atoms with E-state index in [1.807, 2.05) is 0 Å². The van der Waals surface area contributed by atoms with Crippen LogP contribution in [0.1, 0.15) is 18.5 Å². The molecule has 0 radical (unpaired) electrons. The van der Waals surface area contributed by atoms with Crippen LogP contribution >= 0.6 is 11.6 Å². The summed E-state index contributed by atoms with van der Waals surface area (Å²) in [5, 5.41) is 7.91. The molecule has 3 amide bonds. The third-order valence-electron chi connectivity index (χ3n) is 4.31. The smallest absolute Gasteiger partial charge is 0.312 e. The standard InChI is InChI=1S/C15H13ClFN5O2/c16-11-6-10(3-4-12(11)17)22-8-9(18-19-22)7-21-14(23)13-2-1-5-20(13)15(21)24/h3-4,6,8,13H,1-2,5,7H2/t13-/m0/s1. The highest BCUT2D eigenvalue weighted by Crippen LogP contribution is 2.28. The van der Waals surface area contributed by atoms with Crippen molar-refractivity contribution in [3.8, 4) is 5.69 Å². The number of fused-ring (bicyclic) bond motifs is 1. The lowest BCUT2D eigenvalue weighted by Gasteiger charge is -2.13. The molecule has 4 rings (SSSR count). The topological polar surface area (TPSA) is 71.3 Å². The third-order valence-corrected chi connectivity index (χ3v) is 4.60. The largest absolute Gasteiger partial charge is 0.327 e. The SMILES string of the molecule is O=C1[C@@H]2CCCN2C(=O)N1Cc1cn(-c2ccc(F)c(Cl)c2)nn1. The van der Waals surface area contributed by atoms with Crippen molar-refractivity contribution in [2.75, 3.05) is 6.54 Å². The highest BCUT2D eigenvalue weighted by molar-refractivity contribution is 6.30. The summed E-state index contributed by atoms with van der Waals surface area (Å²) < 4.78 is 14.6. The van der Waals surface area contributed by atoms with Gasteiger partial charge in [0.2, 0.25) is 0 Å². The van der Waals surface area contributed by atoms with Crippen molar-refractivity contribution in [3.05, 3.63) is 40.9 Å². The molecule has 2 saturated heterocycles. The Morgan fingerprint density at radius 2 is 2.17 bits per heavy atom. The fourth-order valence-corrected chi connectivity index (χ4v) is 3.29. The molecule has 2 aliphatic rings. The van der Waals surface area contributed by atoms with Crippen molar-refractivity contribution >= 4 is 23.5 Å². The van der Waals surface area contributed by atoms with Crippen LogP contribution in [0, 0.1) is 5.82 Å². The highest BCUT2D eigenvalue weighted by Gasteiger charge is 2.47. The average Bonchev–Trinajstić information content (AvgIpc) is 3.26. The summed E-state index contributed by atoms with van der Waals surface area (Å²) >= 11 is 5.76. The molecule has 1 atom stereocenters. The van der Waals surface area contributed by atoms with Gasteiger partial charge in [0.25, 0.3) is 5.91 Å². The zero-order valence-corrected chi connectivity index (χ0v) is 13.3. The van der Waals surface area contributed by atoms with Crippen molar-refractivity contribution in [1.29, 1.82) is 0 Å². The molecule has 1 aromatic carbocycles. The summed E-state index contributed by atoms with van der Waals surface area (Å²) in [6.07, 6.45) is 3.16. The van der Waals surface area contributed by atoms with Crippen molar-refractivity contribution in [2.45, 2.75) is 25.4 Å². The molecule has 3 heterocycles. The first-order chi connectivity index (χ1) is 11.5. The quantitative estimate of drug-likeness (QED) is 0.794. The summed E-state index contributed by atoms with van der Waals surface area (Å²) in [7, 11) is 0. The Balaban J connectivity index is 1.54. The van der Waals surface area contributed by atoms with Crippen molar-refractivity contribution in [1.82, 2.24) is 24.8 Å². The van der Waals surface area contributed by atoms with Crippen LogP contribution in [0.5, 0.6) is 0 Å². The number of halogens is 2. The van der Waals surface area contributed by atoms with Gasteiger partial charge in [0.1, 0.15) is 17.6 Å².